The molecule has 1 aromatic carbocycles. The molecule has 1 heterocycles. The number of nitrogens with zero attached hydrogens (tertiary/aromatic N) is 1. The largest absolute Gasteiger partial charge is 0.491 e. The molecule has 0 amide bonds. The minimum Gasteiger partial charge on any atom is -0.491 e. The van der Waals surface area contributed by atoms with Crippen LogP contribution in [0.15, 0.2) is 54.3 Å². The van der Waals surface area contributed by atoms with Gasteiger partial charge in [-0.15, -0.1) is 6.42 Å². The van der Waals surface area contributed by atoms with Crippen LogP contribution >= 0.6 is 0 Å². The van der Waals surface area contributed by atoms with Gasteiger partial charge in [0.05, 0.1) is 13.2 Å². The zero-order chi connectivity index (χ0) is 17.5. The van der Waals surface area contributed by atoms with Gasteiger partial charge in [-0.1, -0.05) is 12.5 Å². The summed E-state index contributed by atoms with van der Waals surface area (Å²) in [5, 5.41) is 0. The maximum absolute atomic E-state index is 12.9. The van der Waals surface area contributed by atoms with E-state index in [-0.39, 0.29) is 0 Å². The zero-order valence-electron chi connectivity index (χ0n) is 13.5. The zero-order valence-corrected chi connectivity index (χ0v) is 13.5. The van der Waals surface area contributed by atoms with Crippen molar-refractivity contribution >= 4 is 5.70 Å². The van der Waals surface area contributed by atoms with E-state index in [9.17, 15) is 8.78 Å². The first-order chi connectivity index (χ1) is 11.6. The predicted octanol–water partition coefficient (Wildman–Crippen LogP) is 3.71. The molecule has 3 nitrogen and oxygen atoms in total. The monoisotopic (exact) mass is 331 g/mol. The SMILES string of the molecule is C#CC1=CC=C(c2ccc(OCCOC)cc2)N(CC(F)F)C1=C. The molecular formula is C19H19F2NO2. The standard InChI is InChI=1S/C19H19F2NO2/c1-4-15-7-10-18(22(14(15)2)13-19(20)21)16-5-8-17(9-6-16)24-12-11-23-3/h1,5-10,19H,2,11-13H2,3H3. The van der Waals surface area contributed by atoms with Crippen molar-refractivity contribution in [2.45, 2.75) is 6.43 Å². The first-order valence-electron chi connectivity index (χ1n) is 7.42. The molecule has 0 fully saturated rings. The van der Waals surface area contributed by atoms with Gasteiger partial charge in [-0.2, -0.15) is 0 Å². The van der Waals surface area contributed by atoms with Crippen LogP contribution in [-0.4, -0.2) is 38.2 Å². The van der Waals surface area contributed by atoms with Gasteiger partial charge >= 0.3 is 0 Å². The molecule has 0 spiro atoms. The van der Waals surface area contributed by atoms with Crippen LogP contribution in [0, 0.1) is 12.3 Å². The van der Waals surface area contributed by atoms with Crippen molar-refractivity contribution in [3.05, 3.63) is 59.8 Å². The smallest absolute Gasteiger partial charge is 0.256 e. The summed E-state index contributed by atoms with van der Waals surface area (Å²) in [4.78, 5) is 1.45. The van der Waals surface area contributed by atoms with E-state index in [1.54, 1.807) is 31.4 Å². The molecule has 126 valence electrons. The molecule has 1 aliphatic rings. The number of hydrogen-bond donors (Lipinski definition) is 0. The Bertz CT molecular complexity index is 684. The minimum absolute atomic E-state index is 0.399. The van der Waals surface area contributed by atoms with Gasteiger partial charge in [0, 0.05) is 24.1 Å². The Morgan fingerprint density at radius 2 is 1.92 bits per heavy atom. The van der Waals surface area contributed by atoms with Crippen molar-refractivity contribution in [1.82, 2.24) is 4.90 Å². The van der Waals surface area contributed by atoms with E-state index in [2.05, 4.69) is 12.5 Å². The molecule has 5 heteroatoms. The summed E-state index contributed by atoms with van der Waals surface area (Å²) in [6.07, 6.45) is 6.34. The minimum atomic E-state index is -2.50. The van der Waals surface area contributed by atoms with Crippen molar-refractivity contribution in [3.8, 4) is 18.1 Å². The number of benzene rings is 1. The Balaban J connectivity index is 2.24. The molecule has 0 atom stereocenters. The van der Waals surface area contributed by atoms with E-state index < -0.39 is 13.0 Å². The highest BCUT2D eigenvalue weighted by atomic mass is 19.3. The molecule has 0 saturated heterocycles. The highest BCUT2D eigenvalue weighted by Crippen LogP contribution is 2.31. The Hall–Kier alpha value is -2.58. The van der Waals surface area contributed by atoms with Gasteiger partial charge in [0.25, 0.3) is 6.43 Å². The third-order valence-electron chi connectivity index (χ3n) is 3.52. The molecule has 0 saturated carbocycles. The maximum atomic E-state index is 12.9. The summed E-state index contributed by atoms with van der Waals surface area (Å²) in [7, 11) is 1.60. The number of methoxy groups -OCH3 is 1. The van der Waals surface area contributed by atoms with Gasteiger partial charge in [0.2, 0.25) is 0 Å². The van der Waals surface area contributed by atoms with Gasteiger partial charge in [0.1, 0.15) is 12.4 Å². The molecule has 0 radical (unpaired) electrons. The van der Waals surface area contributed by atoms with E-state index in [1.165, 1.54) is 4.90 Å². The molecule has 0 N–H and O–H groups in total. The third kappa shape index (κ3) is 4.24. The average molecular weight is 331 g/mol. The molecule has 0 aromatic heterocycles. The summed E-state index contributed by atoms with van der Waals surface area (Å²) in [6, 6.07) is 7.20. The number of terminal acetylenes is 1. The van der Waals surface area contributed by atoms with Crippen LogP contribution in [-0.2, 0) is 4.74 Å². The number of alkyl halides is 2. The first-order valence-corrected chi connectivity index (χ1v) is 7.42. The van der Waals surface area contributed by atoms with Crippen LogP contribution < -0.4 is 4.74 Å². The lowest BCUT2D eigenvalue weighted by Crippen LogP contribution is -2.29. The number of rotatable bonds is 7. The highest BCUT2D eigenvalue weighted by molar-refractivity contribution is 5.72. The van der Waals surface area contributed by atoms with Crippen molar-refractivity contribution < 1.29 is 18.3 Å². The van der Waals surface area contributed by atoms with Crippen LogP contribution in [0.25, 0.3) is 5.70 Å². The van der Waals surface area contributed by atoms with Crippen LogP contribution in [0.4, 0.5) is 8.78 Å². The fourth-order valence-electron chi connectivity index (χ4n) is 2.33. The van der Waals surface area contributed by atoms with E-state index in [4.69, 9.17) is 15.9 Å². The molecule has 1 aromatic rings. The first kappa shape index (κ1) is 17.8. The van der Waals surface area contributed by atoms with E-state index in [0.29, 0.717) is 35.9 Å². The second-order valence-corrected chi connectivity index (χ2v) is 5.09. The van der Waals surface area contributed by atoms with Gasteiger partial charge in [-0.25, -0.2) is 8.78 Å². The normalized spacial score (nSPS) is 14.3. The fraction of sp³-hybridized carbons (Fsp3) is 0.263. The fourth-order valence-corrected chi connectivity index (χ4v) is 2.33. The van der Waals surface area contributed by atoms with Crippen molar-refractivity contribution in [2.75, 3.05) is 26.9 Å². The third-order valence-corrected chi connectivity index (χ3v) is 3.52. The quantitative estimate of drug-likeness (QED) is 0.562. The van der Waals surface area contributed by atoms with E-state index in [1.807, 2.05) is 12.1 Å². The number of hydrogen-bond acceptors (Lipinski definition) is 3. The summed E-state index contributed by atoms with van der Waals surface area (Å²) in [5.74, 6) is 3.15. The molecule has 0 unspecified atom stereocenters. The van der Waals surface area contributed by atoms with Gasteiger partial charge < -0.3 is 14.4 Å². The maximum Gasteiger partial charge on any atom is 0.256 e. The highest BCUT2D eigenvalue weighted by Gasteiger charge is 2.23. The van der Waals surface area contributed by atoms with E-state index >= 15 is 0 Å². The lowest BCUT2D eigenvalue weighted by molar-refractivity contribution is 0.123. The lowest BCUT2D eigenvalue weighted by Gasteiger charge is -2.31. The molecule has 1 aliphatic heterocycles. The Kier molecular flexibility index (Phi) is 6.16. The predicted molar refractivity (Wildman–Crippen MR) is 90.6 cm³/mol. The summed E-state index contributed by atoms with van der Waals surface area (Å²) < 4.78 is 36.3. The second kappa shape index (κ2) is 8.32. The van der Waals surface area contributed by atoms with Crippen molar-refractivity contribution in [1.29, 1.82) is 0 Å². The summed E-state index contributed by atoms with van der Waals surface area (Å²) >= 11 is 0. The van der Waals surface area contributed by atoms with Gasteiger partial charge in [-0.3, -0.25) is 0 Å². The Labute approximate surface area is 140 Å². The van der Waals surface area contributed by atoms with Crippen LogP contribution in [0.2, 0.25) is 0 Å². The molecule has 2 rings (SSSR count). The van der Waals surface area contributed by atoms with Crippen LogP contribution in [0.1, 0.15) is 5.56 Å². The van der Waals surface area contributed by atoms with Crippen molar-refractivity contribution in [2.24, 2.45) is 0 Å². The summed E-state index contributed by atoms with van der Waals surface area (Å²) in [5.41, 5.74) is 2.31. The van der Waals surface area contributed by atoms with Crippen LogP contribution in [0.3, 0.4) is 0 Å². The van der Waals surface area contributed by atoms with Crippen molar-refractivity contribution in [3.63, 3.8) is 0 Å². The second-order valence-electron chi connectivity index (χ2n) is 5.09. The Morgan fingerprint density at radius 1 is 1.21 bits per heavy atom. The molecule has 24 heavy (non-hydrogen) atoms. The topological polar surface area (TPSA) is 21.7 Å². The van der Waals surface area contributed by atoms with Gasteiger partial charge in [0.15, 0.2) is 0 Å². The average Bonchev–Trinajstić information content (AvgIpc) is 2.57. The molecular weight excluding hydrogens is 312 g/mol. The Morgan fingerprint density at radius 3 is 2.50 bits per heavy atom. The van der Waals surface area contributed by atoms with Gasteiger partial charge in [-0.05, 0) is 42.0 Å². The molecule has 0 bridgehead atoms. The summed E-state index contributed by atoms with van der Waals surface area (Å²) in [6.45, 7) is 4.32. The lowest BCUT2D eigenvalue weighted by atomic mass is 10.0. The van der Waals surface area contributed by atoms with E-state index in [0.717, 1.165) is 5.56 Å². The number of halogens is 2. The van der Waals surface area contributed by atoms with Crippen LogP contribution in [0.5, 0.6) is 5.75 Å². The number of allylic oxidation sites excluding steroid dienone is 3. The molecule has 0 aliphatic carbocycles. The number of ether oxygens (including phenoxy) is 2.